The van der Waals surface area contributed by atoms with Crippen LogP contribution in [-0.4, -0.2) is 5.91 Å². The van der Waals surface area contributed by atoms with Crippen molar-refractivity contribution in [3.63, 3.8) is 0 Å². The minimum atomic E-state index is -0.567. The van der Waals surface area contributed by atoms with Crippen molar-refractivity contribution in [2.45, 2.75) is 6.54 Å². The predicted molar refractivity (Wildman–Crippen MR) is 63.9 cm³/mol. The molecule has 1 amide bonds. The minimum Gasteiger partial charge on any atom is -0.457 e. The fourth-order valence-corrected chi connectivity index (χ4v) is 1.83. The molecule has 0 radical (unpaired) electrons. The Balaban J connectivity index is 2.06. The average Bonchev–Trinajstić information content (AvgIpc) is 2.76. The summed E-state index contributed by atoms with van der Waals surface area (Å²) < 4.78 is 31.4. The SMILES string of the molecule is O=C(NCc1cc(F)ccc1F)c1ccoc1Br. The lowest BCUT2D eigenvalue weighted by molar-refractivity contribution is 0.0949. The topological polar surface area (TPSA) is 42.2 Å². The molecule has 1 aromatic carbocycles. The van der Waals surface area contributed by atoms with Gasteiger partial charge < -0.3 is 9.73 Å². The maximum Gasteiger partial charge on any atom is 0.256 e. The van der Waals surface area contributed by atoms with E-state index in [1.54, 1.807) is 0 Å². The Morgan fingerprint density at radius 1 is 1.33 bits per heavy atom. The minimum absolute atomic E-state index is 0.0861. The summed E-state index contributed by atoms with van der Waals surface area (Å²) in [5, 5.41) is 2.47. The van der Waals surface area contributed by atoms with Crippen molar-refractivity contribution in [2.75, 3.05) is 0 Å². The summed E-state index contributed by atoms with van der Waals surface area (Å²) in [5.41, 5.74) is 0.384. The Morgan fingerprint density at radius 3 is 2.78 bits per heavy atom. The zero-order chi connectivity index (χ0) is 13.1. The Labute approximate surface area is 110 Å². The second kappa shape index (κ2) is 5.30. The van der Waals surface area contributed by atoms with E-state index in [9.17, 15) is 13.6 Å². The van der Waals surface area contributed by atoms with E-state index in [2.05, 4.69) is 21.2 Å². The third-order valence-electron chi connectivity index (χ3n) is 2.31. The zero-order valence-electron chi connectivity index (χ0n) is 9.04. The fraction of sp³-hybridized carbons (Fsp3) is 0.0833. The van der Waals surface area contributed by atoms with Crippen LogP contribution in [0.5, 0.6) is 0 Å². The lowest BCUT2D eigenvalue weighted by Gasteiger charge is -2.05. The highest BCUT2D eigenvalue weighted by Crippen LogP contribution is 2.17. The molecule has 0 aliphatic rings. The van der Waals surface area contributed by atoms with Gasteiger partial charge in [-0.1, -0.05) is 0 Å². The fourth-order valence-electron chi connectivity index (χ4n) is 1.41. The number of carbonyl (C=O) groups excluding carboxylic acids is 1. The van der Waals surface area contributed by atoms with Crippen molar-refractivity contribution in [1.29, 1.82) is 0 Å². The van der Waals surface area contributed by atoms with E-state index in [1.165, 1.54) is 12.3 Å². The van der Waals surface area contributed by atoms with Crippen molar-refractivity contribution < 1.29 is 18.0 Å². The van der Waals surface area contributed by atoms with Crippen LogP contribution in [0.3, 0.4) is 0 Å². The summed E-state index contributed by atoms with van der Waals surface area (Å²) in [6.07, 6.45) is 1.35. The zero-order valence-corrected chi connectivity index (χ0v) is 10.6. The number of amides is 1. The molecule has 0 saturated heterocycles. The van der Waals surface area contributed by atoms with Crippen LogP contribution in [0, 0.1) is 11.6 Å². The quantitative estimate of drug-likeness (QED) is 0.944. The molecule has 2 aromatic rings. The first-order chi connectivity index (χ1) is 8.58. The summed E-state index contributed by atoms with van der Waals surface area (Å²) in [7, 11) is 0. The summed E-state index contributed by atoms with van der Waals surface area (Å²) in [6.45, 7) is -0.0972. The Hall–Kier alpha value is -1.69. The van der Waals surface area contributed by atoms with Crippen LogP contribution in [0.2, 0.25) is 0 Å². The monoisotopic (exact) mass is 315 g/mol. The smallest absolute Gasteiger partial charge is 0.256 e. The van der Waals surface area contributed by atoms with Gasteiger partial charge in [0.25, 0.3) is 5.91 Å². The van der Waals surface area contributed by atoms with Gasteiger partial charge >= 0.3 is 0 Å². The van der Waals surface area contributed by atoms with Gasteiger partial charge in [-0.2, -0.15) is 0 Å². The number of halogens is 3. The van der Waals surface area contributed by atoms with Crippen molar-refractivity contribution in [1.82, 2.24) is 5.32 Å². The summed E-state index contributed by atoms with van der Waals surface area (Å²) in [6, 6.07) is 4.55. The number of nitrogens with one attached hydrogen (secondary N) is 1. The highest BCUT2D eigenvalue weighted by Gasteiger charge is 2.13. The summed E-state index contributed by atoms with van der Waals surface area (Å²) in [5.74, 6) is -1.55. The molecule has 0 atom stereocenters. The molecule has 0 bridgehead atoms. The van der Waals surface area contributed by atoms with E-state index in [0.29, 0.717) is 10.2 Å². The second-order valence-electron chi connectivity index (χ2n) is 3.53. The molecule has 0 spiro atoms. The third-order valence-corrected chi connectivity index (χ3v) is 2.92. The Kier molecular flexibility index (Phi) is 3.76. The molecule has 0 fully saturated rings. The molecule has 3 nitrogen and oxygen atoms in total. The van der Waals surface area contributed by atoms with E-state index in [4.69, 9.17) is 4.42 Å². The first kappa shape index (κ1) is 12.8. The molecule has 18 heavy (non-hydrogen) atoms. The largest absolute Gasteiger partial charge is 0.457 e. The molecule has 2 rings (SSSR count). The van der Waals surface area contributed by atoms with Gasteiger partial charge in [0, 0.05) is 12.1 Å². The number of rotatable bonds is 3. The lowest BCUT2D eigenvalue weighted by atomic mass is 10.2. The van der Waals surface area contributed by atoms with Crippen LogP contribution >= 0.6 is 15.9 Å². The molecule has 1 heterocycles. The molecule has 94 valence electrons. The molecule has 1 aromatic heterocycles. The standard InChI is InChI=1S/C12H8BrF2NO2/c13-11-9(3-4-18-11)12(17)16-6-7-5-8(14)1-2-10(7)15/h1-5H,6H2,(H,16,17). The van der Waals surface area contributed by atoms with Crippen LogP contribution in [0.15, 0.2) is 39.6 Å². The second-order valence-corrected chi connectivity index (χ2v) is 4.25. The summed E-state index contributed by atoms with van der Waals surface area (Å²) in [4.78, 5) is 11.7. The van der Waals surface area contributed by atoms with Crippen LogP contribution in [0.4, 0.5) is 8.78 Å². The average molecular weight is 316 g/mol. The molecule has 0 aliphatic carbocycles. The number of furan rings is 1. The first-order valence-electron chi connectivity index (χ1n) is 5.03. The number of benzene rings is 1. The molecule has 6 heteroatoms. The van der Waals surface area contributed by atoms with E-state index in [-0.39, 0.29) is 12.1 Å². The maximum absolute atomic E-state index is 13.3. The van der Waals surface area contributed by atoms with Gasteiger partial charge in [0.1, 0.15) is 11.6 Å². The van der Waals surface area contributed by atoms with E-state index in [1.807, 2.05) is 0 Å². The molecule has 0 saturated carbocycles. The normalized spacial score (nSPS) is 10.4. The van der Waals surface area contributed by atoms with Crippen LogP contribution in [0.1, 0.15) is 15.9 Å². The van der Waals surface area contributed by atoms with Gasteiger partial charge in [-0.3, -0.25) is 4.79 Å². The third kappa shape index (κ3) is 2.76. The van der Waals surface area contributed by atoms with Gasteiger partial charge in [0.2, 0.25) is 0 Å². The molecular formula is C12H8BrF2NO2. The number of hydrogen-bond acceptors (Lipinski definition) is 2. The van der Waals surface area contributed by atoms with E-state index >= 15 is 0 Å². The predicted octanol–water partition coefficient (Wildman–Crippen LogP) is 3.25. The van der Waals surface area contributed by atoms with Gasteiger partial charge in [-0.05, 0) is 40.2 Å². The summed E-state index contributed by atoms with van der Waals surface area (Å²) >= 11 is 3.06. The highest BCUT2D eigenvalue weighted by atomic mass is 79.9. The Bertz CT molecular complexity index is 583. The van der Waals surface area contributed by atoms with Gasteiger partial charge in [0.15, 0.2) is 4.67 Å². The van der Waals surface area contributed by atoms with Crippen molar-refractivity contribution in [3.05, 3.63) is 58.0 Å². The van der Waals surface area contributed by atoms with Crippen LogP contribution in [0.25, 0.3) is 0 Å². The van der Waals surface area contributed by atoms with Gasteiger partial charge in [-0.25, -0.2) is 8.78 Å². The van der Waals surface area contributed by atoms with Crippen molar-refractivity contribution >= 4 is 21.8 Å². The van der Waals surface area contributed by atoms with Crippen molar-refractivity contribution in [2.24, 2.45) is 0 Å². The number of carbonyl (C=O) groups is 1. The Morgan fingerprint density at radius 2 is 2.11 bits per heavy atom. The molecule has 1 N–H and O–H groups in total. The van der Waals surface area contributed by atoms with Crippen LogP contribution < -0.4 is 5.32 Å². The van der Waals surface area contributed by atoms with Crippen LogP contribution in [-0.2, 0) is 6.54 Å². The lowest BCUT2D eigenvalue weighted by Crippen LogP contribution is -2.23. The molecule has 0 unspecified atom stereocenters. The first-order valence-corrected chi connectivity index (χ1v) is 5.82. The van der Waals surface area contributed by atoms with Gasteiger partial charge in [-0.15, -0.1) is 0 Å². The molecule has 0 aliphatic heterocycles. The van der Waals surface area contributed by atoms with E-state index < -0.39 is 17.5 Å². The highest BCUT2D eigenvalue weighted by molar-refractivity contribution is 9.10. The molecular weight excluding hydrogens is 308 g/mol. The van der Waals surface area contributed by atoms with Gasteiger partial charge in [0.05, 0.1) is 11.8 Å². The van der Waals surface area contributed by atoms with E-state index in [0.717, 1.165) is 18.2 Å². The van der Waals surface area contributed by atoms with Crippen molar-refractivity contribution in [3.8, 4) is 0 Å². The number of hydrogen-bond donors (Lipinski definition) is 1. The maximum atomic E-state index is 13.3.